The van der Waals surface area contributed by atoms with Gasteiger partial charge in [-0.2, -0.15) is 5.26 Å². The standard InChI is InChI=1S/C19H14N4O3/c20-11-14(18-22-15-6-1-2-7-16(15)26-18)17(24)12-4-3-5-13(10-12)23-9-8-21-19(23)25/h1-7,10,14H,8-9H2,(H,21,25)/t14-/m0/s1. The summed E-state index contributed by atoms with van der Waals surface area (Å²) in [5, 5.41) is 12.2. The van der Waals surface area contributed by atoms with Crippen molar-refractivity contribution in [2.75, 3.05) is 18.0 Å². The number of Topliss-reactive ketones (excluding diaryl/α,β-unsaturated/α-hetero) is 1. The van der Waals surface area contributed by atoms with Gasteiger partial charge in [-0.1, -0.05) is 24.3 Å². The van der Waals surface area contributed by atoms with Crippen molar-refractivity contribution >= 4 is 28.6 Å². The molecule has 0 aliphatic carbocycles. The third-order valence-corrected chi connectivity index (χ3v) is 4.25. The molecule has 26 heavy (non-hydrogen) atoms. The normalized spacial score (nSPS) is 14.9. The van der Waals surface area contributed by atoms with Crippen molar-refractivity contribution in [3.8, 4) is 6.07 Å². The number of amides is 2. The lowest BCUT2D eigenvalue weighted by molar-refractivity contribution is 0.0970. The van der Waals surface area contributed by atoms with Crippen molar-refractivity contribution in [3.63, 3.8) is 0 Å². The first-order chi connectivity index (χ1) is 12.7. The van der Waals surface area contributed by atoms with Crippen molar-refractivity contribution in [2.24, 2.45) is 0 Å². The molecule has 1 saturated heterocycles. The van der Waals surface area contributed by atoms with Crippen LogP contribution >= 0.6 is 0 Å². The van der Waals surface area contributed by atoms with Gasteiger partial charge in [0, 0.05) is 24.3 Å². The zero-order valence-corrected chi connectivity index (χ0v) is 13.7. The molecule has 7 nitrogen and oxygen atoms in total. The Kier molecular flexibility index (Phi) is 3.86. The topological polar surface area (TPSA) is 99.2 Å². The van der Waals surface area contributed by atoms with Gasteiger partial charge in [-0.3, -0.25) is 9.69 Å². The number of aromatic nitrogens is 1. The average molecular weight is 346 g/mol. The van der Waals surface area contributed by atoms with Crippen LogP contribution in [0.15, 0.2) is 52.9 Å². The summed E-state index contributed by atoms with van der Waals surface area (Å²) in [5.74, 6) is -1.49. The maximum atomic E-state index is 12.9. The molecule has 0 bridgehead atoms. The van der Waals surface area contributed by atoms with Crippen LogP contribution in [0.1, 0.15) is 22.2 Å². The molecule has 4 rings (SSSR count). The summed E-state index contributed by atoms with van der Waals surface area (Å²) in [6, 6.07) is 15.5. The number of anilines is 1. The molecule has 0 spiro atoms. The molecule has 1 atom stereocenters. The van der Waals surface area contributed by atoms with Gasteiger partial charge in [-0.25, -0.2) is 9.78 Å². The summed E-state index contributed by atoms with van der Waals surface area (Å²) in [6.45, 7) is 1.09. The predicted octanol–water partition coefficient (Wildman–Crippen LogP) is 2.85. The minimum Gasteiger partial charge on any atom is -0.439 e. The van der Waals surface area contributed by atoms with Crippen LogP contribution in [0.25, 0.3) is 11.1 Å². The molecular weight excluding hydrogens is 332 g/mol. The summed E-state index contributed by atoms with van der Waals surface area (Å²) >= 11 is 0. The zero-order chi connectivity index (χ0) is 18.1. The van der Waals surface area contributed by atoms with Gasteiger partial charge in [-0.05, 0) is 24.3 Å². The summed E-state index contributed by atoms with van der Waals surface area (Å²) in [4.78, 5) is 30.5. The minimum atomic E-state index is -1.15. The van der Waals surface area contributed by atoms with Gasteiger partial charge >= 0.3 is 6.03 Å². The van der Waals surface area contributed by atoms with E-state index in [0.29, 0.717) is 35.4 Å². The Hall–Kier alpha value is -3.66. The molecule has 0 saturated carbocycles. The molecule has 2 amide bonds. The van der Waals surface area contributed by atoms with Crippen LogP contribution in [0.4, 0.5) is 10.5 Å². The predicted molar refractivity (Wildman–Crippen MR) is 93.9 cm³/mol. The van der Waals surface area contributed by atoms with E-state index in [4.69, 9.17) is 4.42 Å². The fourth-order valence-electron chi connectivity index (χ4n) is 2.95. The van der Waals surface area contributed by atoms with Crippen LogP contribution < -0.4 is 10.2 Å². The molecule has 1 aliphatic heterocycles. The van der Waals surface area contributed by atoms with Crippen LogP contribution in [0.5, 0.6) is 0 Å². The molecule has 1 aliphatic rings. The molecule has 1 N–H and O–H groups in total. The Morgan fingerprint density at radius 3 is 2.85 bits per heavy atom. The van der Waals surface area contributed by atoms with Crippen LogP contribution in [0, 0.1) is 11.3 Å². The smallest absolute Gasteiger partial charge is 0.321 e. The maximum Gasteiger partial charge on any atom is 0.321 e. The Morgan fingerprint density at radius 2 is 2.12 bits per heavy atom. The Labute approximate surface area is 148 Å². The molecule has 1 aromatic heterocycles. The zero-order valence-electron chi connectivity index (χ0n) is 13.7. The monoisotopic (exact) mass is 346 g/mol. The van der Waals surface area contributed by atoms with Gasteiger partial charge in [0.25, 0.3) is 0 Å². The van der Waals surface area contributed by atoms with Crippen molar-refractivity contribution < 1.29 is 14.0 Å². The second-order valence-electron chi connectivity index (χ2n) is 5.88. The second-order valence-corrected chi connectivity index (χ2v) is 5.88. The largest absolute Gasteiger partial charge is 0.439 e. The van der Waals surface area contributed by atoms with Crippen LogP contribution in [-0.4, -0.2) is 29.9 Å². The number of para-hydroxylation sites is 2. The lowest BCUT2D eigenvalue weighted by Crippen LogP contribution is -2.27. The van der Waals surface area contributed by atoms with Crippen LogP contribution in [0.3, 0.4) is 0 Å². The first-order valence-corrected chi connectivity index (χ1v) is 8.12. The number of nitrogens with zero attached hydrogens (tertiary/aromatic N) is 3. The number of hydrogen-bond acceptors (Lipinski definition) is 5. The molecule has 1 fully saturated rings. The fraction of sp³-hybridized carbons (Fsp3) is 0.158. The van der Waals surface area contributed by atoms with E-state index in [9.17, 15) is 14.9 Å². The van der Waals surface area contributed by atoms with Crippen molar-refractivity contribution in [1.82, 2.24) is 10.3 Å². The van der Waals surface area contributed by atoms with E-state index < -0.39 is 11.7 Å². The molecule has 2 heterocycles. The van der Waals surface area contributed by atoms with E-state index in [1.807, 2.05) is 12.1 Å². The van der Waals surface area contributed by atoms with Gasteiger partial charge in [0.1, 0.15) is 5.52 Å². The highest BCUT2D eigenvalue weighted by atomic mass is 16.3. The summed E-state index contributed by atoms with van der Waals surface area (Å²) < 4.78 is 5.58. The van der Waals surface area contributed by atoms with Gasteiger partial charge in [0.15, 0.2) is 17.3 Å². The number of hydrogen-bond donors (Lipinski definition) is 1. The Morgan fingerprint density at radius 1 is 1.27 bits per heavy atom. The van der Waals surface area contributed by atoms with Gasteiger partial charge < -0.3 is 9.73 Å². The van der Waals surface area contributed by atoms with E-state index in [-0.39, 0.29) is 11.9 Å². The number of fused-ring (bicyclic) bond motifs is 1. The first-order valence-electron chi connectivity index (χ1n) is 8.12. The molecule has 128 valence electrons. The summed E-state index contributed by atoms with van der Waals surface area (Å²) in [5.41, 5.74) is 2.06. The average Bonchev–Trinajstić information content (AvgIpc) is 3.28. The Bertz CT molecular complexity index is 1020. The van der Waals surface area contributed by atoms with Gasteiger partial charge in [-0.15, -0.1) is 0 Å². The molecule has 0 radical (unpaired) electrons. The number of ketones is 1. The molecule has 0 unspecified atom stereocenters. The maximum absolute atomic E-state index is 12.9. The highest BCUT2D eigenvalue weighted by molar-refractivity contribution is 6.04. The van der Waals surface area contributed by atoms with Crippen LogP contribution in [-0.2, 0) is 0 Å². The molecule has 2 aromatic carbocycles. The molecular formula is C19H14N4O3. The number of carbonyl (C=O) groups excluding carboxylic acids is 2. The number of rotatable bonds is 4. The Balaban J connectivity index is 1.67. The minimum absolute atomic E-state index is 0.0722. The van der Waals surface area contributed by atoms with Crippen LogP contribution in [0.2, 0.25) is 0 Å². The van der Waals surface area contributed by atoms with E-state index >= 15 is 0 Å². The third kappa shape index (κ3) is 2.67. The quantitative estimate of drug-likeness (QED) is 0.732. The number of nitrogens with one attached hydrogen (secondary N) is 1. The first kappa shape index (κ1) is 15.8. The summed E-state index contributed by atoms with van der Waals surface area (Å²) in [7, 11) is 0. The number of carbonyl (C=O) groups is 2. The van der Waals surface area contributed by atoms with E-state index in [2.05, 4.69) is 10.3 Å². The highest BCUT2D eigenvalue weighted by Crippen LogP contribution is 2.26. The number of urea groups is 1. The summed E-state index contributed by atoms with van der Waals surface area (Å²) in [6.07, 6.45) is 0. The van der Waals surface area contributed by atoms with E-state index in [0.717, 1.165) is 0 Å². The highest BCUT2D eigenvalue weighted by Gasteiger charge is 2.28. The van der Waals surface area contributed by atoms with Gasteiger partial charge in [0.05, 0.1) is 6.07 Å². The SMILES string of the molecule is N#C[C@@H](C(=O)c1cccc(N2CCNC2=O)c1)c1nc2ccccc2o1. The molecule has 7 heteroatoms. The van der Waals surface area contributed by atoms with Crippen molar-refractivity contribution in [1.29, 1.82) is 5.26 Å². The third-order valence-electron chi connectivity index (χ3n) is 4.25. The number of oxazole rings is 1. The fourth-order valence-corrected chi connectivity index (χ4v) is 2.95. The van der Waals surface area contributed by atoms with E-state index in [1.165, 1.54) is 0 Å². The lowest BCUT2D eigenvalue weighted by Gasteiger charge is -2.15. The lowest BCUT2D eigenvalue weighted by atomic mass is 9.98. The van der Waals surface area contributed by atoms with Crippen molar-refractivity contribution in [2.45, 2.75) is 5.92 Å². The number of nitriles is 1. The molecule has 3 aromatic rings. The van der Waals surface area contributed by atoms with E-state index in [1.54, 1.807) is 47.4 Å². The van der Waals surface area contributed by atoms with Crippen molar-refractivity contribution in [3.05, 3.63) is 60.0 Å². The van der Waals surface area contributed by atoms with Gasteiger partial charge in [0.2, 0.25) is 5.89 Å². The second kappa shape index (κ2) is 6.33. The number of benzene rings is 2.